The molecule has 28 heavy (non-hydrogen) atoms. The maximum atomic E-state index is 13.6. The van der Waals surface area contributed by atoms with Crippen molar-refractivity contribution >= 4 is 37.9 Å². The number of nitrogens with zero attached hydrogens (tertiary/aromatic N) is 2. The number of hydrogen-bond acceptors (Lipinski definition) is 7. The minimum Gasteiger partial charge on any atom is -0.302 e. The van der Waals surface area contributed by atoms with E-state index in [4.69, 9.17) is 0 Å². The first-order chi connectivity index (χ1) is 13.3. The van der Waals surface area contributed by atoms with Crippen LogP contribution in [-0.2, 0) is 21.1 Å². The monoisotopic (exact) mass is 421 g/mol. The molecule has 0 bridgehead atoms. The highest BCUT2D eigenvalue weighted by molar-refractivity contribution is 7.93. The summed E-state index contributed by atoms with van der Waals surface area (Å²) >= 11 is 0.730. The summed E-state index contributed by atoms with van der Waals surface area (Å²) in [7, 11) is -3.94. The van der Waals surface area contributed by atoms with Crippen LogP contribution in [0.15, 0.2) is 63.8 Å². The van der Waals surface area contributed by atoms with E-state index in [0.717, 1.165) is 41.8 Å². The molecule has 3 rings (SSSR count). The lowest BCUT2D eigenvalue weighted by Gasteiger charge is -2.03. The number of thiazole rings is 1. The van der Waals surface area contributed by atoms with Crippen molar-refractivity contribution in [3.05, 3.63) is 76.2 Å². The Hall–Kier alpha value is -3.18. The van der Waals surface area contributed by atoms with Gasteiger partial charge in [0, 0.05) is 12.1 Å². The summed E-state index contributed by atoms with van der Waals surface area (Å²) in [5, 5.41) is 13.2. The highest BCUT2D eigenvalue weighted by atomic mass is 32.2. The predicted molar refractivity (Wildman–Crippen MR) is 99.4 cm³/mol. The molecule has 0 radical (unpaired) electrons. The van der Waals surface area contributed by atoms with Crippen LogP contribution in [0.4, 0.5) is 15.2 Å². The molecule has 1 amide bonds. The van der Waals surface area contributed by atoms with E-state index < -0.39 is 26.5 Å². The van der Waals surface area contributed by atoms with Gasteiger partial charge in [-0.3, -0.25) is 14.9 Å². The topological polar surface area (TPSA) is 119 Å². The van der Waals surface area contributed by atoms with E-state index in [2.05, 4.69) is 10.3 Å². The number of non-ortho nitro benzene ring substituents is 1. The number of carbonyl (C=O) groups is 1. The van der Waals surface area contributed by atoms with Gasteiger partial charge in [0.1, 0.15) is 10.0 Å². The third kappa shape index (κ3) is 4.21. The fourth-order valence-electron chi connectivity index (χ4n) is 2.28. The van der Waals surface area contributed by atoms with Gasteiger partial charge >= 0.3 is 0 Å². The Morgan fingerprint density at radius 3 is 2.50 bits per heavy atom. The number of nitro benzene ring substituents is 1. The second-order valence-corrected chi connectivity index (χ2v) is 8.76. The van der Waals surface area contributed by atoms with Crippen LogP contribution < -0.4 is 5.32 Å². The average Bonchev–Trinajstić information content (AvgIpc) is 3.13. The van der Waals surface area contributed by atoms with Crippen LogP contribution in [0.5, 0.6) is 0 Å². The van der Waals surface area contributed by atoms with Crippen molar-refractivity contribution in [1.29, 1.82) is 0 Å². The summed E-state index contributed by atoms with van der Waals surface area (Å²) < 4.78 is 38.6. The van der Waals surface area contributed by atoms with E-state index in [1.54, 1.807) is 6.07 Å². The largest absolute Gasteiger partial charge is 0.302 e. The van der Waals surface area contributed by atoms with Crippen LogP contribution >= 0.6 is 11.3 Å². The number of rotatable bonds is 6. The van der Waals surface area contributed by atoms with Gasteiger partial charge in [0.15, 0.2) is 5.13 Å². The van der Waals surface area contributed by atoms with Crippen molar-refractivity contribution < 1.29 is 22.5 Å². The molecular formula is C17H12FN3O5S2. The van der Waals surface area contributed by atoms with Gasteiger partial charge in [-0.25, -0.2) is 17.8 Å². The third-order valence-electron chi connectivity index (χ3n) is 3.66. The lowest BCUT2D eigenvalue weighted by Crippen LogP contribution is -2.14. The standard InChI is InChI=1S/C17H12FN3O5S2/c18-14-4-2-1-3-11(14)9-15(22)20-17-19-10-16(27-17)28(25,26)13-7-5-12(6-8-13)21(23)24/h1-8,10H,9H2,(H,19,20,22). The molecule has 0 unspecified atom stereocenters. The summed E-state index contributed by atoms with van der Waals surface area (Å²) in [6.45, 7) is 0. The van der Waals surface area contributed by atoms with Gasteiger partial charge in [0.05, 0.1) is 22.4 Å². The quantitative estimate of drug-likeness (QED) is 0.482. The normalized spacial score (nSPS) is 11.2. The first kappa shape index (κ1) is 19.6. The van der Waals surface area contributed by atoms with Gasteiger partial charge in [-0.05, 0) is 23.8 Å². The van der Waals surface area contributed by atoms with Crippen molar-refractivity contribution in [1.82, 2.24) is 4.98 Å². The minimum atomic E-state index is -3.94. The predicted octanol–water partition coefficient (Wildman–Crippen LogP) is 3.20. The number of nitro groups is 1. The van der Waals surface area contributed by atoms with Crippen LogP contribution in [0, 0.1) is 15.9 Å². The fraction of sp³-hybridized carbons (Fsp3) is 0.0588. The summed E-state index contributed by atoms with van der Waals surface area (Å²) in [6, 6.07) is 10.3. The minimum absolute atomic E-state index is 0.0434. The SMILES string of the molecule is O=C(Cc1ccccc1F)Nc1ncc(S(=O)(=O)c2ccc([N+](=O)[O-])cc2)s1. The van der Waals surface area contributed by atoms with Gasteiger partial charge in [0.2, 0.25) is 15.7 Å². The number of amides is 1. The zero-order chi connectivity index (χ0) is 20.3. The van der Waals surface area contributed by atoms with Gasteiger partial charge < -0.3 is 5.32 Å². The number of nitrogens with one attached hydrogen (secondary N) is 1. The van der Waals surface area contributed by atoms with Gasteiger partial charge in [0.25, 0.3) is 5.69 Å². The summed E-state index contributed by atoms with van der Waals surface area (Å²) in [4.78, 5) is 25.8. The Morgan fingerprint density at radius 2 is 1.86 bits per heavy atom. The molecule has 0 aliphatic rings. The molecule has 0 saturated heterocycles. The molecule has 0 fully saturated rings. The van der Waals surface area contributed by atoms with E-state index in [0.29, 0.717) is 0 Å². The van der Waals surface area contributed by atoms with Crippen LogP contribution in [0.1, 0.15) is 5.56 Å². The first-order valence-electron chi connectivity index (χ1n) is 7.76. The van der Waals surface area contributed by atoms with E-state index in [-0.39, 0.29) is 31.9 Å². The number of anilines is 1. The molecule has 2 aromatic carbocycles. The molecule has 0 atom stereocenters. The summed E-state index contributed by atoms with van der Waals surface area (Å²) in [5.41, 5.74) is -0.0281. The Kier molecular flexibility index (Phi) is 5.47. The number of hydrogen-bond donors (Lipinski definition) is 1. The molecule has 0 saturated carbocycles. The average molecular weight is 421 g/mol. The summed E-state index contributed by atoms with van der Waals surface area (Å²) in [5.74, 6) is -1.06. The smallest absolute Gasteiger partial charge is 0.269 e. The molecule has 11 heteroatoms. The molecule has 0 aliphatic carbocycles. The zero-order valence-electron chi connectivity index (χ0n) is 14.0. The highest BCUT2D eigenvalue weighted by Crippen LogP contribution is 2.29. The molecule has 0 spiro atoms. The van der Waals surface area contributed by atoms with Crippen molar-refractivity contribution in [2.24, 2.45) is 0 Å². The van der Waals surface area contributed by atoms with Gasteiger partial charge in [-0.15, -0.1) is 0 Å². The molecule has 8 nitrogen and oxygen atoms in total. The van der Waals surface area contributed by atoms with Crippen LogP contribution in [0.2, 0.25) is 0 Å². The maximum Gasteiger partial charge on any atom is 0.269 e. The number of aromatic nitrogens is 1. The molecular weight excluding hydrogens is 409 g/mol. The lowest BCUT2D eigenvalue weighted by atomic mass is 10.1. The third-order valence-corrected chi connectivity index (χ3v) is 6.81. The number of benzene rings is 2. The molecule has 1 aromatic heterocycles. The van der Waals surface area contributed by atoms with Crippen molar-refractivity contribution in [2.75, 3.05) is 5.32 Å². The molecule has 3 aromatic rings. The van der Waals surface area contributed by atoms with Crippen LogP contribution in [0.3, 0.4) is 0 Å². The zero-order valence-corrected chi connectivity index (χ0v) is 15.7. The number of halogens is 1. The van der Waals surface area contributed by atoms with E-state index in [1.807, 2.05) is 0 Å². The Labute approximate surface area is 162 Å². The van der Waals surface area contributed by atoms with Crippen LogP contribution in [-0.4, -0.2) is 24.2 Å². The molecule has 1 heterocycles. The van der Waals surface area contributed by atoms with Crippen molar-refractivity contribution in [3.8, 4) is 0 Å². The Balaban J connectivity index is 1.74. The van der Waals surface area contributed by atoms with Gasteiger partial charge in [-0.2, -0.15) is 0 Å². The van der Waals surface area contributed by atoms with Gasteiger partial charge in [-0.1, -0.05) is 29.5 Å². The Morgan fingerprint density at radius 1 is 1.18 bits per heavy atom. The highest BCUT2D eigenvalue weighted by Gasteiger charge is 2.22. The number of carbonyl (C=O) groups excluding carboxylic acids is 1. The number of sulfone groups is 1. The Bertz CT molecular complexity index is 1140. The van der Waals surface area contributed by atoms with Crippen molar-refractivity contribution in [2.45, 2.75) is 15.5 Å². The maximum absolute atomic E-state index is 13.6. The van der Waals surface area contributed by atoms with Crippen LogP contribution in [0.25, 0.3) is 0 Å². The fourth-order valence-corrected chi connectivity index (χ4v) is 4.73. The van der Waals surface area contributed by atoms with Crippen molar-refractivity contribution in [3.63, 3.8) is 0 Å². The second-order valence-electron chi connectivity index (χ2n) is 5.56. The molecule has 1 N–H and O–H groups in total. The van der Waals surface area contributed by atoms with E-state index in [9.17, 15) is 27.7 Å². The first-order valence-corrected chi connectivity index (χ1v) is 10.1. The lowest BCUT2D eigenvalue weighted by molar-refractivity contribution is -0.384. The van der Waals surface area contributed by atoms with E-state index in [1.165, 1.54) is 18.2 Å². The summed E-state index contributed by atoms with van der Waals surface area (Å²) in [6.07, 6.45) is 0.858. The molecule has 0 aliphatic heterocycles. The molecule has 144 valence electrons. The second kappa shape index (κ2) is 7.82. The van der Waals surface area contributed by atoms with E-state index >= 15 is 0 Å².